The molecule has 0 N–H and O–H groups in total. The van der Waals surface area contributed by atoms with Gasteiger partial charge in [0.05, 0.1) is 27.7 Å². The zero-order valence-electron chi connectivity index (χ0n) is 36.6. The maximum Gasteiger partial charge on any atom is 0.306 e. The molecule has 0 amide bonds. The Morgan fingerprint density at radius 1 is 0.554 bits per heavy atom. The summed E-state index contributed by atoms with van der Waals surface area (Å²) >= 11 is 0. The van der Waals surface area contributed by atoms with E-state index in [9.17, 15) is 19.0 Å². The number of hydrogen-bond donors (Lipinski definition) is 0. The Kier molecular flexibility index (Phi) is 37.1. The van der Waals surface area contributed by atoms with Gasteiger partial charge >= 0.3 is 11.9 Å². The monoisotopic (exact) mass is 810 g/mol. The summed E-state index contributed by atoms with van der Waals surface area (Å²) in [6, 6.07) is 0. The summed E-state index contributed by atoms with van der Waals surface area (Å²) in [4.78, 5) is 37.5. The van der Waals surface area contributed by atoms with E-state index in [-0.39, 0.29) is 26.1 Å². The molecule has 1 unspecified atom stereocenters. The predicted molar refractivity (Wildman–Crippen MR) is 231 cm³/mol. The van der Waals surface area contributed by atoms with Gasteiger partial charge in [0.25, 0.3) is 7.82 Å². The van der Waals surface area contributed by atoms with Crippen LogP contribution in [0.5, 0.6) is 0 Å². The lowest BCUT2D eigenvalue weighted by Crippen LogP contribution is -2.37. The summed E-state index contributed by atoms with van der Waals surface area (Å²) in [6.45, 7) is 4.14. The lowest BCUT2D eigenvalue weighted by molar-refractivity contribution is -0.870. The summed E-state index contributed by atoms with van der Waals surface area (Å²) in [5.41, 5.74) is 0. The minimum atomic E-state index is -4.63. The molecular formula is C46H84NO8P. The third-order valence-corrected chi connectivity index (χ3v) is 10.3. The van der Waals surface area contributed by atoms with Crippen molar-refractivity contribution < 1.29 is 42.1 Å². The van der Waals surface area contributed by atoms with Crippen LogP contribution in [0.2, 0.25) is 0 Å². The molecule has 0 fully saturated rings. The fourth-order valence-electron chi connectivity index (χ4n) is 5.77. The highest BCUT2D eigenvalue weighted by Crippen LogP contribution is 2.38. The number of rotatable bonds is 40. The smallest absolute Gasteiger partial charge is 0.306 e. The molecule has 0 radical (unpaired) electrons. The zero-order chi connectivity index (χ0) is 41.4. The Balaban J connectivity index is 4.42. The predicted octanol–water partition coefficient (Wildman–Crippen LogP) is 12.1. The van der Waals surface area contributed by atoms with E-state index in [1.807, 2.05) is 21.1 Å². The van der Waals surface area contributed by atoms with Crippen LogP contribution in [0.25, 0.3) is 0 Å². The van der Waals surface area contributed by atoms with Crippen molar-refractivity contribution in [3.63, 3.8) is 0 Å². The number of nitrogens with zero attached hydrogens (tertiary/aromatic N) is 1. The molecule has 0 bridgehead atoms. The van der Waals surface area contributed by atoms with Crippen LogP contribution in [-0.2, 0) is 32.7 Å². The number of ether oxygens (including phenoxy) is 2. The number of quaternary nitrogens is 1. The van der Waals surface area contributed by atoms with Crippen molar-refractivity contribution in [3.8, 4) is 0 Å². The van der Waals surface area contributed by atoms with Gasteiger partial charge in [-0.05, 0) is 77.0 Å². The van der Waals surface area contributed by atoms with Gasteiger partial charge in [-0.3, -0.25) is 14.2 Å². The Bertz CT molecular complexity index is 1100. The molecule has 0 aromatic rings. The third kappa shape index (κ3) is 41.6. The van der Waals surface area contributed by atoms with Crippen molar-refractivity contribution in [1.29, 1.82) is 0 Å². The van der Waals surface area contributed by atoms with Gasteiger partial charge in [0.15, 0.2) is 6.10 Å². The molecular weight excluding hydrogens is 725 g/mol. The van der Waals surface area contributed by atoms with Crippen molar-refractivity contribution in [2.45, 2.75) is 187 Å². The minimum absolute atomic E-state index is 0.0389. The molecule has 0 aliphatic carbocycles. The number of unbranched alkanes of at least 4 members (excludes halogenated alkanes) is 18. The van der Waals surface area contributed by atoms with Gasteiger partial charge < -0.3 is 27.9 Å². The van der Waals surface area contributed by atoms with Crippen molar-refractivity contribution in [2.24, 2.45) is 0 Å². The molecule has 10 heteroatoms. The number of carbonyl (C=O) groups excluding carboxylic acids is 2. The van der Waals surface area contributed by atoms with E-state index in [0.29, 0.717) is 23.9 Å². The highest BCUT2D eigenvalue weighted by molar-refractivity contribution is 7.45. The van der Waals surface area contributed by atoms with Crippen molar-refractivity contribution >= 4 is 19.8 Å². The van der Waals surface area contributed by atoms with Gasteiger partial charge in [0, 0.05) is 12.8 Å². The first-order chi connectivity index (χ1) is 27.0. The van der Waals surface area contributed by atoms with Crippen molar-refractivity contribution in [1.82, 2.24) is 0 Å². The molecule has 0 saturated heterocycles. The standard InChI is InChI=1S/C46H84NO8P/c1-6-8-10-12-14-16-18-20-22-23-25-27-29-31-33-35-37-39-46(49)55-44(43-54-56(50,51)53-41-40-47(3,4)5)42-52-45(48)38-36-34-32-30-28-26-24-21-19-17-15-13-11-9-7-2/h15,17,20-22,24,28,30,44H,6-14,16,18-19,23,25-27,29,31-43H2,1-5H3/b17-15+,22-20+,24-21+,30-28+/t44-/m1/s1. The fourth-order valence-corrected chi connectivity index (χ4v) is 6.50. The van der Waals surface area contributed by atoms with Crippen LogP contribution in [0.3, 0.4) is 0 Å². The van der Waals surface area contributed by atoms with Crippen LogP contribution < -0.4 is 4.89 Å². The van der Waals surface area contributed by atoms with E-state index >= 15 is 0 Å². The highest BCUT2D eigenvalue weighted by Gasteiger charge is 2.21. The molecule has 0 aliphatic rings. The first-order valence-electron chi connectivity index (χ1n) is 22.3. The lowest BCUT2D eigenvalue weighted by atomic mass is 10.1. The van der Waals surface area contributed by atoms with Crippen LogP contribution in [0.1, 0.15) is 181 Å². The number of hydrogen-bond acceptors (Lipinski definition) is 8. The van der Waals surface area contributed by atoms with Gasteiger partial charge in [-0.1, -0.05) is 140 Å². The quantitative estimate of drug-likeness (QED) is 0.0198. The Hall–Kier alpha value is -2.03. The topological polar surface area (TPSA) is 111 Å². The largest absolute Gasteiger partial charge is 0.756 e. The van der Waals surface area contributed by atoms with Gasteiger partial charge in [-0.2, -0.15) is 0 Å². The fraction of sp³-hybridized carbons (Fsp3) is 0.783. The second kappa shape index (κ2) is 38.5. The van der Waals surface area contributed by atoms with Crippen LogP contribution in [0.15, 0.2) is 48.6 Å². The van der Waals surface area contributed by atoms with E-state index in [1.165, 1.54) is 83.5 Å². The Labute approximate surface area is 343 Å². The van der Waals surface area contributed by atoms with Crippen LogP contribution in [-0.4, -0.2) is 70.0 Å². The van der Waals surface area contributed by atoms with E-state index in [2.05, 4.69) is 62.5 Å². The van der Waals surface area contributed by atoms with E-state index in [1.54, 1.807) is 0 Å². The molecule has 0 spiro atoms. The molecule has 0 saturated carbocycles. The summed E-state index contributed by atoms with van der Waals surface area (Å²) in [5, 5.41) is 0. The normalized spacial score (nSPS) is 14.0. The third-order valence-electron chi connectivity index (χ3n) is 9.32. The maximum atomic E-state index is 12.7. The molecule has 0 rings (SSSR count). The average molecular weight is 810 g/mol. The van der Waals surface area contributed by atoms with Crippen LogP contribution >= 0.6 is 7.82 Å². The lowest BCUT2D eigenvalue weighted by Gasteiger charge is -2.28. The summed E-state index contributed by atoms with van der Waals surface area (Å²) < 4.78 is 33.9. The molecule has 326 valence electrons. The van der Waals surface area contributed by atoms with Gasteiger partial charge in [-0.25, -0.2) is 0 Å². The summed E-state index contributed by atoms with van der Waals surface area (Å²) in [7, 11) is 1.14. The highest BCUT2D eigenvalue weighted by atomic mass is 31.2. The molecule has 0 aromatic heterocycles. The second-order valence-corrected chi connectivity index (χ2v) is 17.5. The van der Waals surface area contributed by atoms with Gasteiger partial charge in [0.2, 0.25) is 0 Å². The Morgan fingerprint density at radius 3 is 1.52 bits per heavy atom. The molecule has 9 nitrogen and oxygen atoms in total. The van der Waals surface area contributed by atoms with Gasteiger partial charge in [0.1, 0.15) is 19.8 Å². The second-order valence-electron chi connectivity index (χ2n) is 16.1. The first-order valence-corrected chi connectivity index (χ1v) is 23.8. The average Bonchev–Trinajstić information content (AvgIpc) is 3.15. The van der Waals surface area contributed by atoms with Crippen molar-refractivity contribution in [2.75, 3.05) is 47.5 Å². The summed E-state index contributed by atoms with van der Waals surface area (Å²) in [5.74, 6) is -0.885. The molecule has 0 aromatic carbocycles. The molecule has 56 heavy (non-hydrogen) atoms. The molecule has 2 atom stereocenters. The molecule has 0 aliphatic heterocycles. The number of allylic oxidation sites excluding steroid dienone is 8. The van der Waals surface area contributed by atoms with E-state index in [4.69, 9.17) is 18.5 Å². The van der Waals surface area contributed by atoms with Crippen LogP contribution in [0, 0.1) is 0 Å². The van der Waals surface area contributed by atoms with Crippen LogP contribution in [0.4, 0.5) is 0 Å². The maximum absolute atomic E-state index is 12.7. The first kappa shape index (κ1) is 54.0. The van der Waals surface area contributed by atoms with Crippen molar-refractivity contribution in [3.05, 3.63) is 48.6 Å². The molecule has 0 heterocycles. The number of phosphoric ester groups is 1. The number of likely N-dealkylation sites (N-methyl/N-ethyl adjacent to an activating group) is 1. The summed E-state index contributed by atoms with van der Waals surface area (Å²) in [6.07, 6.45) is 44.2. The number of phosphoric acid groups is 1. The van der Waals surface area contributed by atoms with E-state index in [0.717, 1.165) is 57.8 Å². The number of carbonyl (C=O) groups is 2. The minimum Gasteiger partial charge on any atom is -0.756 e. The number of esters is 2. The van der Waals surface area contributed by atoms with Gasteiger partial charge in [-0.15, -0.1) is 0 Å². The zero-order valence-corrected chi connectivity index (χ0v) is 37.5. The van der Waals surface area contributed by atoms with E-state index < -0.39 is 32.5 Å². The Morgan fingerprint density at radius 2 is 0.964 bits per heavy atom. The SMILES string of the molecule is CCCCC/C=C/C/C=C/C/C=C/CCCCC(=O)OC[C@H](COP(=O)([O-])OCC[N+](C)(C)C)OC(=O)CCCCCCCCC/C=C/CCCCCCCC.